The van der Waals surface area contributed by atoms with Crippen LogP contribution in [-0.4, -0.2) is 66.4 Å². The Bertz CT molecular complexity index is 704. The number of halogens is 1. The average molecular weight is 392 g/mol. The summed E-state index contributed by atoms with van der Waals surface area (Å²) in [6, 6.07) is 0.181. The fourth-order valence-electron chi connectivity index (χ4n) is 7.34. The molecule has 0 aromatic rings. The first-order valence-electron chi connectivity index (χ1n) is 11.1. The lowest BCUT2D eigenvalue weighted by Gasteiger charge is -2.52. The van der Waals surface area contributed by atoms with Gasteiger partial charge in [0, 0.05) is 19.1 Å². The van der Waals surface area contributed by atoms with Crippen molar-refractivity contribution in [1.82, 2.24) is 10.2 Å². The molecule has 3 saturated heterocycles. The smallest absolute Gasteiger partial charge is 0.235 e. The van der Waals surface area contributed by atoms with Gasteiger partial charge in [-0.05, 0) is 43.9 Å². The zero-order valence-electron chi connectivity index (χ0n) is 16.3. The lowest BCUT2D eigenvalue weighted by atomic mass is 9.62. The van der Waals surface area contributed by atoms with Gasteiger partial charge in [0.2, 0.25) is 11.8 Å². The summed E-state index contributed by atoms with van der Waals surface area (Å²) in [5, 5.41) is 3.72. The number of nitrogens with zero attached hydrogens (tertiary/aromatic N) is 1. The van der Waals surface area contributed by atoms with Crippen molar-refractivity contribution in [3.8, 4) is 0 Å². The maximum atomic E-state index is 14.3. The molecule has 11 unspecified atom stereocenters. The van der Waals surface area contributed by atoms with Gasteiger partial charge in [-0.2, -0.15) is 0 Å². The van der Waals surface area contributed by atoms with Crippen LogP contribution in [0.25, 0.3) is 0 Å². The molecule has 3 aliphatic heterocycles. The summed E-state index contributed by atoms with van der Waals surface area (Å²) in [6.07, 6.45) is 4.76. The van der Waals surface area contributed by atoms with Crippen molar-refractivity contribution in [2.75, 3.05) is 7.05 Å². The molecule has 6 fully saturated rings. The molecule has 1 N–H and O–H groups in total. The zero-order valence-corrected chi connectivity index (χ0v) is 16.3. The highest BCUT2D eigenvalue weighted by molar-refractivity contribution is 6.05. The van der Waals surface area contributed by atoms with E-state index >= 15 is 0 Å². The SMILES string of the molecule is CN1C(=O)C2C3OC4CCCCC4OC3C3NC4CCC(F)CC4C3C2C1=O. The van der Waals surface area contributed by atoms with Gasteiger partial charge in [0.05, 0.1) is 30.1 Å². The van der Waals surface area contributed by atoms with E-state index in [0.29, 0.717) is 12.8 Å². The number of amides is 2. The van der Waals surface area contributed by atoms with Gasteiger partial charge >= 0.3 is 0 Å². The number of hydrogen-bond acceptors (Lipinski definition) is 5. The highest BCUT2D eigenvalue weighted by Gasteiger charge is 2.68. The molecule has 28 heavy (non-hydrogen) atoms. The number of carbonyl (C=O) groups excluding carboxylic acids is 2. The zero-order chi connectivity index (χ0) is 19.2. The molecular formula is C21H29FN2O4. The minimum atomic E-state index is -0.811. The number of ether oxygens (including phenoxy) is 2. The number of rotatable bonds is 0. The largest absolute Gasteiger partial charge is 0.369 e. The van der Waals surface area contributed by atoms with Gasteiger partial charge in [0.1, 0.15) is 12.3 Å². The van der Waals surface area contributed by atoms with E-state index in [0.717, 1.165) is 32.1 Å². The van der Waals surface area contributed by atoms with E-state index in [1.807, 2.05) is 0 Å². The summed E-state index contributed by atoms with van der Waals surface area (Å²) < 4.78 is 27.4. The minimum absolute atomic E-state index is 0.0277. The number of carbonyl (C=O) groups is 2. The molecule has 0 radical (unpaired) electrons. The number of likely N-dealkylation sites (tertiary alicyclic amines) is 1. The van der Waals surface area contributed by atoms with Crippen molar-refractivity contribution in [2.45, 2.75) is 87.6 Å². The van der Waals surface area contributed by atoms with Crippen LogP contribution in [0.15, 0.2) is 0 Å². The van der Waals surface area contributed by atoms with Gasteiger partial charge in [0.25, 0.3) is 0 Å². The molecule has 2 amide bonds. The van der Waals surface area contributed by atoms with Crippen molar-refractivity contribution in [3.05, 3.63) is 0 Å². The first-order valence-corrected chi connectivity index (χ1v) is 11.1. The quantitative estimate of drug-likeness (QED) is 0.632. The number of hydrogen-bond donors (Lipinski definition) is 1. The summed E-state index contributed by atoms with van der Waals surface area (Å²) in [5.41, 5.74) is 0. The Labute approximate surface area is 164 Å². The van der Waals surface area contributed by atoms with Crippen LogP contribution in [0.2, 0.25) is 0 Å². The van der Waals surface area contributed by atoms with Crippen LogP contribution in [0.4, 0.5) is 4.39 Å². The Hall–Kier alpha value is -1.05. The van der Waals surface area contributed by atoms with Crippen LogP contribution >= 0.6 is 0 Å². The Balaban J connectivity index is 1.40. The van der Waals surface area contributed by atoms with Crippen molar-refractivity contribution < 1.29 is 23.5 Å². The van der Waals surface area contributed by atoms with E-state index in [2.05, 4.69) is 5.32 Å². The molecule has 0 aromatic heterocycles. The fraction of sp³-hybridized carbons (Fsp3) is 0.905. The Morgan fingerprint density at radius 3 is 2.39 bits per heavy atom. The Morgan fingerprint density at radius 2 is 1.64 bits per heavy atom. The third-order valence-electron chi connectivity index (χ3n) is 8.52. The van der Waals surface area contributed by atoms with Crippen LogP contribution in [-0.2, 0) is 19.1 Å². The molecule has 6 nitrogen and oxygen atoms in total. The summed E-state index contributed by atoms with van der Waals surface area (Å²) in [5.74, 6) is -1.08. The number of alkyl halides is 1. The predicted molar refractivity (Wildman–Crippen MR) is 97.0 cm³/mol. The van der Waals surface area contributed by atoms with Crippen LogP contribution in [0.1, 0.15) is 44.9 Å². The van der Waals surface area contributed by atoms with E-state index < -0.39 is 18.0 Å². The second-order valence-electron chi connectivity index (χ2n) is 9.80. The van der Waals surface area contributed by atoms with Gasteiger partial charge in [-0.25, -0.2) is 4.39 Å². The second-order valence-corrected chi connectivity index (χ2v) is 9.80. The van der Waals surface area contributed by atoms with E-state index in [4.69, 9.17) is 9.47 Å². The molecule has 154 valence electrons. The van der Waals surface area contributed by atoms with E-state index in [1.165, 1.54) is 4.90 Å². The Morgan fingerprint density at radius 1 is 0.964 bits per heavy atom. The Kier molecular flexibility index (Phi) is 3.95. The molecular weight excluding hydrogens is 363 g/mol. The molecule has 7 heteroatoms. The normalized spacial score (nSPS) is 55.2. The molecule has 6 rings (SSSR count). The van der Waals surface area contributed by atoms with Gasteiger partial charge < -0.3 is 14.8 Å². The predicted octanol–water partition coefficient (Wildman–Crippen LogP) is 1.42. The summed E-state index contributed by atoms with van der Waals surface area (Å²) >= 11 is 0. The van der Waals surface area contributed by atoms with Crippen LogP contribution in [0.5, 0.6) is 0 Å². The third-order valence-corrected chi connectivity index (χ3v) is 8.52. The van der Waals surface area contributed by atoms with Crippen molar-refractivity contribution >= 4 is 11.8 Å². The van der Waals surface area contributed by atoms with E-state index in [9.17, 15) is 14.0 Å². The first kappa shape index (κ1) is 17.8. The monoisotopic (exact) mass is 392 g/mol. The van der Waals surface area contributed by atoms with Gasteiger partial charge in [0.15, 0.2) is 0 Å². The minimum Gasteiger partial charge on any atom is -0.369 e. The topological polar surface area (TPSA) is 67.9 Å². The summed E-state index contributed by atoms with van der Waals surface area (Å²) in [6.45, 7) is 0. The molecule has 3 aliphatic carbocycles. The van der Waals surface area contributed by atoms with Crippen molar-refractivity contribution in [3.63, 3.8) is 0 Å². The highest BCUT2D eigenvalue weighted by atomic mass is 19.1. The standard InChI is InChI=1S/C21H29FN2O4/c1-24-20(25)15-14-10-8-9(22)6-7-11(10)23-17(14)19-18(16(15)21(24)26)27-12-4-2-3-5-13(12)28-19/h9-19,23H,2-8H2,1H3. The highest BCUT2D eigenvalue weighted by Crippen LogP contribution is 2.54. The van der Waals surface area contributed by atoms with E-state index in [1.54, 1.807) is 7.05 Å². The summed E-state index contributed by atoms with van der Waals surface area (Å²) in [4.78, 5) is 27.4. The first-order chi connectivity index (χ1) is 13.5. The lowest BCUT2D eigenvalue weighted by Crippen LogP contribution is -2.66. The van der Waals surface area contributed by atoms with E-state index in [-0.39, 0.29) is 60.1 Å². The molecule has 0 aromatic carbocycles. The molecule has 3 heterocycles. The lowest BCUT2D eigenvalue weighted by molar-refractivity contribution is -0.265. The molecule has 3 saturated carbocycles. The number of nitrogens with one attached hydrogen (secondary N) is 1. The number of imide groups is 1. The second kappa shape index (κ2) is 6.22. The molecule has 0 bridgehead atoms. The maximum Gasteiger partial charge on any atom is 0.235 e. The molecule has 0 spiro atoms. The van der Waals surface area contributed by atoms with Crippen molar-refractivity contribution in [1.29, 1.82) is 0 Å². The van der Waals surface area contributed by atoms with Gasteiger partial charge in [-0.3, -0.25) is 14.5 Å². The van der Waals surface area contributed by atoms with Crippen LogP contribution < -0.4 is 5.32 Å². The molecule has 11 atom stereocenters. The average Bonchev–Trinajstić information content (AvgIpc) is 3.18. The van der Waals surface area contributed by atoms with Gasteiger partial charge in [-0.15, -0.1) is 0 Å². The van der Waals surface area contributed by atoms with Crippen LogP contribution in [0.3, 0.4) is 0 Å². The summed E-state index contributed by atoms with van der Waals surface area (Å²) in [7, 11) is 1.58. The van der Waals surface area contributed by atoms with Gasteiger partial charge in [-0.1, -0.05) is 12.8 Å². The van der Waals surface area contributed by atoms with Crippen molar-refractivity contribution in [2.24, 2.45) is 23.7 Å². The third kappa shape index (κ3) is 2.30. The fourth-order valence-corrected chi connectivity index (χ4v) is 7.34. The molecule has 6 aliphatic rings. The number of fused-ring (bicyclic) bond motifs is 9. The maximum absolute atomic E-state index is 14.3. The van der Waals surface area contributed by atoms with Crippen LogP contribution in [0, 0.1) is 23.7 Å².